The van der Waals surface area contributed by atoms with Crippen LogP contribution in [0.2, 0.25) is 0 Å². The molecule has 1 unspecified atom stereocenters. The molecule has 0 N–H and O–H groups in total. The first-order valence-corrected chi connectivity index (χ1v) is 13.5. The van der Waals surface area contributed by atoms with Crippen LogP contribution in [0.15, 0.2) is 48.5 Å². The van der Waals surface area contributed by atoms with Crippen LogP contribution < -0.4 is 4.74 Å². The zero-order valence-corrected chi connectivity index (χ0v) is 22.4. The number of carbonyl (C=O) groups excluding carboxylic acids is 2. The van der Waals surface area contributed by atoms with E-state index in [1.165, 1.54) is 16.8 Å². The highest BCUT2D eigenvalue weighted by atomic mass is 19.1. The molecule has 1 atom stereocenters. The highest BCUT2D eigenvalue weighted by molar-refractivity contribution is 5.94. The highest BCUT2D eigenvalue weighted by Gasteiger charge is 2.47. The normalized spacial score (nSPS) is 20.6. The number of para-hydroxylation sites is 1. The Hall–Kier alpha value is -3.79. The lowest BCUT2D eigenvalue weighted by Crippen LogP contribution is -2.62. The van der Waals surface area contributed by atoms with Crippen LogP contribution in [-0.2, 0) is 16.0 Å². The SMILES string of the molecule is CCN1CCOc2ccccc2CCCCC2(CN(C(=O)c3nnn(-c4ccc(F)cc4)c3C)CCO2)C1=O. The smallest absolute Gasteiger partial charge is 0.276 e. The third-order valence-corrected chi connectivity index (χ3v) is 7.57. The minimum Gasteiger partial charge on any atom is -0.491 e. The molecule has 2 aromatic carbocycles. The highest BCUT2D eigenvalue weighted by Crippen LogP contribution is 2.30. The number of halogens is 1. The number of rotatable bonds is 3. The van der Waals surface area contributed by atoms with Crippen molar-refractivity contribution in [2.24, 2.45) is 0 Å². The Bertz CT molecular complexity index is 1330. The van der Waals surface area contributed by atoms with E-state index < -0.39 is 5.60 Å². The first-order chi connectivity index (χ1) is 18.9. The average Bonchev–Trinajstić information content (AvgIpc) is 3.34. The Morgan fingerprint density at radius 1 is 1.08 bits per heavy atom. The first-order valence-electron chi connectivity index (χ1n) is 13.5. The van der Waals surface area contributed by atoms with Gasteiger partial charge in [0.05, 0.1) is 31.1 Å². The van der Waals surface area contributed by atoms with Gasteiger partial charge < -0.3 is 19.3 Å². The van der Waals surface area contributed by atoms with Gasteiger partial charge >= 0.3 is 0 Å². The van der Waals surface area contributed by atoms with Crippen molar-refractivity contribution in [1.29, 1.82) is 0 Å². The largest absolute Gasteiger partial charge is 0.491 e. The number of aryl methyl sites for hydroxylation is 1. The lowest BCUT2D eigenvalue weighted by Gasteiger charge is -2.44. The van der Waals surface area contributed by atoms with Crippen molar-refractivity contribution >= 4 is 11.8 Å². The van der Waals surface area contributed by atoms with E-state index in [0.717, 1.165) is 30.6 Å². The third-order valence-electron chi connectivity index (χ3n) is 7.57. The van der Waals surface area contributed by atoms with Crippen molar-refractivity contribution in [3.05, 3.63) is 71.3 Å². The number of carbonyl (C=O) groups is 2. The van der Waals surface area contributed by atoms with Crippen LogP contribution in [-0.4, -0.2) is 81.6 Å². The molecule has 3 heterocycles. The molecule has 0 aliphatic carbocycles. The molecule has 9 nitrogen and oxygen atoms in total. The lowest BCUT2D eigenvalue weighted by atomic mass is 9.90. The number of benzene rings is 2. The maximum Gasteiger partial charge on any atom is 0.276 e. The molecule has 1 aromatic heterocycles. The van der Waals surface area contributed by atoms with E-state index in [-0.39, 0.29) is 36.5 Å². The van der Waals surface area contributed by atoms with Crippen LogP contribution in [0.3, 0.4) is 0 Å². The van der Waals surface area contributed by atoms with Gasteiger partial charge in [0.25, 0.3) is 11.8 Å². The van der Waals surface area contributed by atoms with Gasteiger partial charge in [0, 0.05) is 13.1 Å². The Morgan fingerprint density at radius 3 is 2.67 bits per heavy atom. The van der Waals surface area contributed by atoms with Crippen LogP contribution in [0.25, 0.3) is 5.69 Å². The number of aromatic nitrogens is 3. The van der Waals surface area contributed by atoms with Crippen LogP contribution in [0.4, 0.5) is 4.39 Å². The molecule has 206 valence electrons. The number of ether oxygens (including phenoxy) is 2. The molecular formula is C29H34FN5O4. The number of nitrogens with zero attached hydrogens (tertiary/aromatic N) is 5. The maximum atomic E-state index is 13.9. The summed E-state index contributed by atoms with van der Waals surface area (Å²) in [5, 5.41) is 8.29. The van der Waals surface area contributed by atoms with E-state index in [0.29, 0.717) is 44.0 Å². The molecule has 0 bridgehead atoms. The quantitative estimate of drug-likeness (QED) is 0.509. The van der Waals surface area contributed by atoms with Crippen molar-refractivity contribution in [1.82, 2.24) is 24.8 Å². The lowest BCUT2D eigenvalue weighted by molar-refractivity contribution is -0.170. The van der Waals surface area contributed by atoms with Crippen LogP contribution in [0.5, 0.6) is 5.75 Å². The average molecular weight is 536 g/mol. The molecular weight excluding hydrogens is 501 g/mol. The van der Waals surface area contributed by atoms with Crippen LogP contribution >= 0.6 is 0 Å². The number of hydrogen-bond acceptors (Lipinski definition) is 6. The second kappa shape index (κ2) is 11.5. The molecule has 0 radical (unpaired) electrons. The van der Waals surface area contributed by atoms with Crippen molar-refractivity contribution in [2.45, 2.75) is 45.1 Å². The molecule has 1 saturated heterocycles. The minimum absolute atomic E-state index is 0.119. The molecule has 39 heavy (non-hydrogen) atoms. The van der Waals surface area contributed by atoms with E-state index in [1.54, 1.807) is 28.9 Å². The fourth-order valence-corrected chi connectivity index (χ4v) is 5.38. The van der Waals surface area contributed by atoms with Gasteiger partial charge in [0.2, 0.25) is 0 Å². The Balaban J connectivity index is 1.38. The van der Waals surface area contributed by atoms with Gasteiger partial charge in [0.15, 0.2) is 11.3 Å². The van der Waals surface area contributed by atoms with Gasteiger partial charge in [-0.2, -0.15) is 0 Å². The van der Waals surface area contributed by atoms with Crippen LogP contribution in [0, 0.1) is 12.7 Å². The van der Waals surface area contributed by atoms with Gasteiger partial charge in [-0.1, -0.05) is 23.4 Å². The molecule has 2 aliphatic heterocycles. The Labute approximate surface area is 227 Å². The molecule has 3 aromatic rings. The maximum absolute atomic E-state index is 13.9. The van der Waals surface area contributed by atoms with Gasteiger partial charge in [-0.3, -0.25) is 9.59 Å². The van der Waals surface area contributed by atoms with E-state index in [2.05, 4.69) is 16.4 Å². The zero-order chi connectivity index (χ0) is 27.4. The summed E-state index contributed by atoms with van der Waals surface area (Å²) >= 11 is 0. The molecule has 0 saturated carbocycles. The van der Waals surface area contributed by atoms with Gasteiger partial charge in [-0.15, -0.1) is 5.10 Å². The molecule has 10 heteroatoms. The number of morpholine rings is 1. The van der Waals surface area contributed by atoms with E-state index in [4.69, 9.17) is 9.47 Å². The Morgan fingerprint density at radius 2 is 1.87 bits per heavy atom. The third kappa shape index (κ3) is 5.52. The first kappa shape index (κ1) is 26.8. The second-order valence-corrected chi connectivity index (χ2v) is 10.0. The minimum atomic E-state index is -1.14. The summed E-state index contributed by atoms with van der Waals surface area (Å²) in [5.74, 6) is 0.0884. The molecule has 1 spiro atoms. The van der Waals surface area contributed by atoms with E-state index in [9.17, 15) is 14.0 Å². The van der Waals surface area contributed by atoms with Gasteiger partial charge in [-0.25, -0.2) is 9.07 Å². The predicted octanol–water partition coefficient (Wildman–Crippen LogP) is 3.58. The summed E-state index contributed by atoms with van der Waals surface area (Å²) in [6, 6.07) is 13.9. The number of hydrogen-bond donors (Lipinski definition) is 0. The van der Waals surface area contributed by atoms with E-state index in [1.807, 2.05) is 25.1 Å². The molecule has 2 aliphatic rings. The monoisotopic (exact) mass is 535 g/mol. The van der Waals surface area contributed by atoms with E-state index >= 15 is 0 Å². The fourth-order valence-electron chi connectivity index (χ4n) is 5.38. The van der Waals surface area contributed by atoms with Crippen molar-refractivity contribution in [3.63, 3.8) is 0 Å². The van der Waals surface area contributed by atoms with Crippen molar-refractivity contribution in [2.75, 3.05) is 39.4 Å². The van der Waals surface area contributed by atoms with Gasteiger partial charge in [0.1, 0.15) is 18.2 Å². The molecule has 2 amide bonds. The molecule has 1 fully saturated rings. The summed E-state index contributed by atoms with van der Waals surface area (Å²) < 4.78 is 27.2. The summed E-state index contributed by atoms with van der Waals surface area (Å²) in [6.45, 7) is 5.74. The standard InChI is InChI=1S/C29H34FN5O4/c1-3-33-16-18-38-25-10-5-4-8-22(25)9-6-7-15-29(28(33)37)20-34(17-19-39-29)27(36)26-21(2)35(32-31-26)24-13-11-23(30)12-14-24/h4-5,8,10-14H,3,6-7,9,15-20H2,1-2H3. The fraction of sp³-hybridized carbons (Fsp3) is 0.448. The number of likely N-dealkylation sites (N-methyl/N-ethyl adjacent to an activating group) is 1. The Kier molecular flexibility index (Phi) is 7.92. The number of fused-ring (bicyclic) bond motifs is 1. The van der Waals surface area contributed by atoms with Crippen LogP contribution in [0.1, 0.15) is 47.9 Å². The summed E-state index contributed by atoms with van der Waals surface area (Å²) in [5.41, 5.74) is 1.37. The number of amides is 2. The molecule has 5 rings (SSSR count). The van der Waals surface area contributed by atoms with Gasteiger partial charge in [-0.05, 0) is 75.4 Å². The topological polar surface area (TPSA) is 89.8 Å². The zero-order valence-electron chi connectivity index (χ0n) is 22.4. The second-order valence-electron chi connectivity index (χ2n) is 10.0. The summed E-state index contributed by atoms with van der Waals surface area (Å²) in [4.78, 5) is 31.0. The van der Waals surface area contributed by atoms with Crippen molar-refractivity contribution in [3.8, 4) is 11.4 Å². The predicted molar refractivity (Wildman–Crippen MR) is 142 cm³/mol. The summed E-state index contributed by atoms with van der Waals surface area (Å²) in [7, 11) is 0. The van der Waals surface area contributed by atoms with Crippen molar-refractivity contribution < 1.29 is 23.5 Å². The summed E-state index contributed by atoms with van der Waals surface area (Å²) in [6.07, 6.45) is 2.98.